The van der Waals surface area contributed by atoms with Gasteiger partial charge in [0, 0.05) is 26.2 Å². The number of likely N-dealkylation sites (N-methyl/N-ethyl adjacent to an activating group) is 1. The minimum atomic E-state index is -0.183. The Bertz CT molecular complexity index is 616. The lowest BCUT2D eigenvalue weighted by molar-refractivity contribution is 0.153. The van der Waals surface area contributed by atoms with Crippen molar-refractivity contribution in [2.24, 2.45) is 0 Å². The molecule has 0 bridgehead atoms. The molecule has 1 aliphatic heterocycles. The third kappa shape index (κ3) is 4.63. The van der Waals surface area contributed by atoms with Crippen molar-refractivity contribution in [2.45, 2.75) is 12.8 Å². The molecule has 2 aromatic carbocycles. The van der Waals surface area contributed by atoms with Gasteiger partial charge in [-0.05, 0) is 55.3 Å². The Balaban J connectivity index is 1.54. The summed E-state index contributed by atoms with van der Waals surface area (Å²) < 4.78 is 13.0. The summed E-state index contributed by atoms with van der Waals surface area (Å²) in [5.74, 6) is -0.183. The summed E-state index contributed by atoms with van der Waals surface area (Å²) >= 11 is 0. The number of piperazine rings is 1. The van der Waals surface area contributed by atoms with Crippen LogP contribution < -0.4 is 0 Å². The summed E-state index contributed by atoms with van der Waals surface area (Å²) in [6.45, 7) is 5.91. The molecule has 3 rings (SSSR count). The van der Waals surface area contributed by atoms with Gasteiger partial charge >= 0.3 is 0 Å². The van der Waals surface area contributed by atoms with Crippen LogP contribution in [0.5, 0.6) is 0 Å². The molecule has 0 radical (unpaired) electrons. The highest BCUT2D eigenvalue weighted by atomic mass is 19.1. The van der Waals surface area contributed by atoms with Crippen molar-refractivity contribution in [3.8, 4) is 11.1 Å². The van der Waals surface area contributed by atoms with E-state index in [0.29, 0.717) is 0 Å². The molecule has 23 heavy (non-hydrogen) atoms. The number of rotatable bonds is 5. The summed E-state index contributed by atoms with van der Waals surface area (Å²) in [7, 11) is 2.19. The van der Waals surface area contributed by atoms with E-state index in [1.807, 2.05) is 12.1 Å². The predicted molar refractivity (Wildman–Crippen MR) is 94.1 cm³/mol. The predicted octanol–water partition coefficient (Wildman–Crippen LogP) is 3.67. The molecule has 1 fully saturated rings. The van der Waals surface area contributed by atoms with Gasteiger partial charge in [0.2, 0.25) is 0 Å². The maximum atomic E-state index is 13.0. The van der Waals surface area contributed by atoms with Gasteiger partial charge in [0.05, 0.1) is 0 Å². The van der Waals surface area contributed by atoms with Crippen LogP contribution in [-0.4, -0.2) is 49.6 Å². The van der Waals surface area contributed by atoms with E-state index < -0.39 is 0 Å². The fraction of sp³-hybridized carbons (Fsp3) is 0.400. The summed E-state index contributed by atoms with van der Waals surface area (Å²) in [5, 5.41) is 0. The van der Waals surface area contributed by atoms with Crippen molar-refractivity contribution in [3.63, 3.8) is 0 Å². The summed E-state index contributed by atoms with van der Waals surface area (Å²) in [6, 6.07) is 15.4. The van der Waals surface area contributed by atoms with Crippen LogP contribution in [0.2, 0.25) is 0 Å². The van der Waals surface area contributed by atoms with Gasteiger partial charge in [-0.3, -0.25) is 0 Å². The third-order valence-electron chi connectivity index (χ3n) is 4.64. The number of hydrogen-bond donors (Lipinski definition) is 0. The molecule has 3 heteroatoms. The van der Waals surface area contributed by atoms with E-state index in [2.05, 4.69) is 41.1 Å². The lowest BCUT2D eigenvalue weighted by Crippen LogP contribution is -2.44. The first-order chi connectivity index (χ1) is 11.2. The molecule has 1 saturated heterocycles. The zero-order chi connectivity index (χ0) is 16.1. The molecule has 0 spiro atoms. The lowest BCUT2D eigenvalue weighted by atomic mass is 10.0. The molecule has 0 unspecified atom stereocenters. The molecule has 0 N–H and O–H groups in total. The number of aryl methyl sites for hydroxylation is 1. The Morgan fingerprint density at radius 3 is 2.39 bits per heavy atom. The largest absolute Gasteiger partial charge is 0.304 e. The number of halogens is 1. The fourth-order valence-electron chi connectivity index (χ4n) is 3.13. The van der Waals surface area contributed by atoms with Crippen molar-refractivity contribution in [2.75, 3.05) is 39.8 Å². The Hall–Kier alpha value is -1.71. The van der Waals surface area contributed by atoms with E-state index in [1.54, 1.807) is 0 Å². The van der Waals surface area contributed by atoms with Gasteiger partial charge in [0.25, 0.3) is 0 Å². The zero-order valence-corrected chi connectivity index (χ0v) is 13.8. The van der Waals surface area contributed by atoms with E-state index in [4.69, 9.17) is 0 Å². The van der Waals surface area contributed by atoms with Crippen molar-refractivity contribution in [3.05, 3.63) is 59.9 Å². The maximum Gasteiger partial charge on any atom is 0.123 e. The quantitative estimate of drug-likeness (QED) is 0.831. The molecule has 2 nitrogen and oxygen atoms in total. The molecular formula is C20H25FN2. The molecule has 1 heterocycles. The van der Waals surface area contributed by atoms with Crippen molar-refractivity contribution >= 4 is 0 Å². The van der Waals surface area contributed by atoms with Crippen LogP contribution in [0, 0.1) is 5.82 Å². The van der Waals surface area contributed by atoms with Gasteiger partial charge in [-0.25, -0.2) is 4.39 Å². The molecule has 0 aromatic heterocycles. The topological polar surface area (TPSA) is 6.48 Å². The Kier molecular flexibility index (Phi) is 5.42. The smallest absolute Gasteiger partial charge is 0.123 e. The first-order valence-electron chi connectivity index (χ1n) is 8.46. The standard InChI is InChI=1S/C20H25FN2/c1-22-12-14-23(15-13-22)11-3-5-17-4-2-6-19(16-17)18-7-9-20(21)10-8-18/h2,4,6-10,16H,3,5,11-15H2,1H3. The van der Waals surface area contributed by atoms with Crippen LogP contribution in [0.1, 0.15) is 12.0 Å². The van der Waals surface area contributed by atoms with Gasteiger partial charge < -0.3 is 9.80 Å². The Labute approximate surface area is 138 Å². The van der Waals surface area contributed by atoms with Crippen molar-refractivity contribution in [1.82, 2.24) is 9.80 Å². The number of nitrogens with zero attached hydrogens (tertiary/aromatic N) is 2. The van der Waals surface area contributed by atoms with Crippen molar-refractivity contribution in [1.29, 1.82) is 0 Å². The normalized spacial score (nSPS) is 16.6. The van der Waals surface area contributed by atoms with E-state index in [-0.39, 0.29) is 5.82 Å². The lowest BCUT2D eigenvalue weighted by Gasteiger charge is -2.32. The monoisotopic (exact) mass is 312 g/mol. The fourth-order valence-corrected chi connectivity index (χ4v) is 3.13. The SMILES string of the molecule is CN1CCN(CCCc2cccc(-c3ccc(F)cc3)c2)CC1. The highest BCUT2D eigenvalue weighted by Crippen LogP contribution is 2.21. The van der Waals surface area contributed by atoms with Gasteiger partial charge in [-0.2, -0.15) is 0 Å². The van der Waals surface area contributed by atoms with Gasteiger partial charge in [0.15, 0.2) is 0 Å². The summed E-state index contributed by atoms with van der Waals surface area (Å²) in [4.78, 5) is 4.95. The molecule has 2 aromatic rings. The highest BCUT2D eigenvalue weighted by molar-refractivity contribution is 5.64. The first kappa shape index (κ1) is 16.2. The van der Waals surface area contributed by atoms with Crippen LogP contribution in [0.4, 0.5) is 4.39 Å². The number of hydrogen-bond acceptors (Lipinski definition) is 2. The van der Waals surface area contributed by atoms with Crippen LogP contribution in [0.15, 0.2) is 48.5 Å². The van der Waals surface area contributed by atoms with Crippen molar-refractivity contribution < 1.29 is 4.39 Å². The summed E-state index contributed by atoms with van der Waals surface area (Å²) in [5.41, 5.74) is 3.61. The zero-order valence-electron chi connectivity index (χ0n) is 13.8. The van der Waals surface area contributed by atoms with E-state index >= 15 is 0 Å². The van der Waals surface area contributed by atoms with Crippen LogP contribution in [0.25, 0.3) is 11.1 Å². The Morgan fingerprint density at radius 1 is 0.913 bits per heavy atom. The molecule has 0 atom stereocenters. The van der Waals surface area contributed by atoms with Crippen LogP contribution >= 0.6 is 0 Å². The van der Waals surface area contributed by atoms with Gasteiger partial charge in [-0.1, -0.05) is 36.4 Å². The molecule has 0 amide bonds. The second-order valence-electron chi connectivity index (χ2n) is 6.46. The average Bonchev–Trinajstić information content (AvgIpc) is 2.58. The van der Waals surface area contributed by atoms with Crippen LogP contribution in [-0.2, 0) is 6.42 Å². The van der Waals surface area contributed by atoms with E-state index in [1.165, 1.54) is 62.4 Å². The second-order valence-corrected chi connectivity index (χ2v) is 6.46. The highest BCUT2D eigenvalue weighted by Gasteiger charge is 2.12. The van der Waals surface area contributed by atoms with E-state index in [9.17, 15) is 4.39 Å². The molecule has 1 aliphatic rings. The van der Waals surface area contributed by atoms with Crippen LogP contribution in [0.3, 0.4) is 0 Å². The molecule has 0 saturated carbocycles. The summed E-state index contributed by atoms with van der Waals surface area (Å²) in [6.07, 6.45) is 2.29. The van der Waals surface area contributed by atoms with E-state index in [0.717, 1.165) is 12.0 Å². The first-order valence-corrected chi connectivity index (χ1v) is 8.46. The second kappa shape index (κ2) is 7.71. The Morgan fingerprint density at radius 2 is 1.65 bits per heavy atom. The van der Waals surface area contributed by atoms with Gasteiger partial charge in [-0.15, -0.1) is 0 Å². The average molecular weight is 312 g/mol. The minimum Gasteiger partial charge on any atom is -0.304 e. The number of benzene rings is 2. The molecule has 0 aliphatic carbocycles. The van der Waals surface area contributed by atoms with Gasteiger partial charge in [0.1, 0.15) is 5.82 Å². The maximum absolute atomic E-state index is 13.0. The molecular weight excluding hydrogens is 287 g/mol. The third-order valence-corrected chi connectivity index (χ3v) is 4.64. The molecule has 122 valence electrons. The minimum absolute atomic E-state index is 0.183.